The molecule has 0 spiro atoms. The van der Waals surface area contributed by atoms with E-state index < -0.39 is 18.2 Å². The average Bonchev–Trinajstić information content (AvgIpc) is 3.09. The van der Waals surface area contributed by atoms with Crippen LogP contribution in [0.5, 0.6) is 0 Å². The molecule has 1 saturated heterocycles. The number of imidazole rings is 1. The summed E-state index contributed by atoms with van der Waals surface area (Å²) in [6.07, 6.45) is 1.25. The number of β-amino-alcohol motifs (C(OH)–C–C–N with tert-alkyl or cyclic N) is 1. The van der Waals surface area contributed by atoms with Gasteiger partial charge in [0.1, 0.15) is 6.61 Å². The number of aryl methyl sites for hydroxylation is 1. The highest BCUT2D eigenvalue weighted by Crippen LogP contribution is 2.23. The van der Waals surface area contributed by atoms with Gasteiger partial charge in [-0.3, -0.25) is 0 Å². The third-order valence-corrected chi connectivity index (χ3v) is 3.83. The fourth-order valence-corrected chi connectivity index (χ4v) is 2.74. The molecule has 132 valence electrons. The number of aromatic nitrogens is 2. The van der Waals surface area contributed by atoms with Crippen molar-refractivity contribution in [3.63, 3.8) is 0 Å². The summed E-state index contributed by atoms with van der Waals surface area (Å²) in [6.45, 7) is 7.63. The molecule has 1 aliphatic rings. The molecule has 0 saturated carbocycles. The summed E-state index contributed by atoms with van der Waals surface area (Å²) in [5, 5.41) is 9.88. The second-order valence-electron chi connectivity index (χ2n) is 5.64. The summed E-state index contributed by atoms with van der Waals surface area (Å²) in [7, 11) is 0. The summed E-state index contributed by atoms with van der Waals surface area (Å²) in [6, 6.07) is -0.241. The predicted octanol–water partition coefficient (Wildman–Crippen LogP) is 1.20. The maximum atomic E-state index is 12.1. The number of likely N-dealkylation sites (tertiary alicyclic amines) is 1. The number of rotatable bonds is 6. The zero-order valence-corrected chi connectivity index (χ0v) is 13.9. The van der Waals surface area contributed by atoms with Crippen LogP contribution in [0.3, 0.4) is 0 Å². The Morgan fingerprint density at radius 1 is 1.50 bits per heavy atom. The molecule has 2 heterocycles. The number of nitrogens with one attached hydrogen (secondary N) is 1. The molecule has 1 aliphatic heterocycles. The van der Waals surface area contributed by atoms with E-state index in [1.165, 1.54) is 11.0 Å². The zero-order valence-electron chi connectivity index (χ0n) is 13.9. The highest BCUT2D eigenvalue weighted by atomic mass is 16.6. The standard InChI is InChI=1S/C16H23N3O5/c1-4-6-24-16(22)19-9-12(20)7-11(19)8-13-10(3)17-14(18-13)15(21)23-5-2/h4,11-12,20H,1,5-9H2,2-3H3,(H,17,18)/t11-,12+/m0/s1. The van der Waals surface area contributed by atoms with E-state index in [1.54, 1.807) is 13.8 Å². The molecule has 2 atom stereocenters. The van der Waals surface area contributed by atoms with E-state index in [2.05, 4.69) is 16.5 Å². The molecular weight excluding hydrogens is 314 g/mol. The second kappa shape index (κ2) is 7.96. The van der Waals surface area contributed by atoms with Crippen molar-refractivity contribution < 1.29 is 24.2 Å². The number of ether oxygens (including phenoxy) is 2. The van der Waals surface area contributed by atoms with Gasteiger partial charge in [-0.2, -0.15) is 0 Å². The number of aliphatic hydroxyl groups excluding tert-OH is 1. The molecule has 1 fully saturated rings. The summed E-state index contributed by atoms with van der Waals surface area (Å²) >= 11 is 0. The second-order valence-corrected chi connectivity index (χ2v) is 5.64. The number of aromatic amines is 1. The molecule has 0 bridgehead atoms. The van der Waals surface area contributed by atoms with Gasteiger partial charge in [0.25, 0.3) is 0 Å². The Morgan fingerprint density at radius 3 is 2.92 bits per heavy atom. The molecule has 0 aromatic carbocycles. The van der Waals surface area contributed by atoms with Crippen LogP contribution in [0.4, 0.5) is 4.79 Å². The highest BCUT2D eigenvalue weighted by molar-refractivity contribution is 5.85. The Bertz CT molecular complexity index is 613. The van der Waals surface area contributed by atoms with Gasteiger partial charge in [0.15, 0.2) is 0 Å². The van der Waals surface area contributed by atoms with Gasteiger partial charge in [-0.1, -0.05) is 12.7 Å². The third-order valence-electron chi connectivity index (χ3n) is 3.83. The topological polar surface area (TPSA) is 105 Å². The van der Waals surface area contributed by atoms with Crippen LogP contribution in [-0.4, -0.2) is 63.9 Å². The number of esters is 1. The first-order chi connectivity index (χ1) is 11.5. The molecule has 8 heteroatoms. The molecule has 1 aromatic rings. The van der Waals surface area contributed by atoms with Gasteiger partial charge in [0.05, 0.1) is 24.9 Å². The minimum absolute atomic E-state index is 0.118. The van der Waals surface area contributed by atoms with Crippen molar-refractivity contribution in [1.29, 1.82) is 0 Å². The van der Waals surface area contributed by atoms with Crippen LogP contribution in [0.1, 0.15) is 35.4 Å². The van der Waals surface area contributed by atoms with Gasteiger partial charge < -0.3 is 24.5 Å². The molecule has 1 aromatic heterocycles. The van der Waals surface area contributed by atoms with E-state index in [1.807, 2.05) is 0 Å². The molecule has 8 nitrogen and oxygen atoms in total. The number of H-pyrrole nitrogens is 1. The molecule has 2 rings (SSSR count). The van der Waals surface area contributed by atoms with Gasteiger partial charge in [0, 0.05) is 18.2 Å². The van der Waals surface area contributed by atoms with Crippen molar-refractivity contribution in [2.24, 2.45) is 0 Å². The molecular formula is C16H23N3O5. The predicted molar refractivity (Wildman–Crippen MR) is 85.6 cm³/mol. The Hall–Kier alpha value is -2.35. The Labute approximate surface area is 140 Å². The number of hydrogen-bond donors (Lipinski definition) is 2. The summed E-state index contributed by atoms with van der Waals surface area (Å²) in [5.74, 6) is -0.371. The van der Waals surface area contributed by atoms with E-state index in [0.29, 0.717) is 18.5 Å². The smallest absolute Gasteiger partial charge is 0.410 e. The van der Waals surface area contributed by atoms with Gasteiger partial charge in [0.2, 0.25) is 5.82 Å². The van der Waals surface area contributed by atoms with E-state index in [9.17, 15) is 14.7 Å². The normalized spacial score (nSPS) is 20.0. The Balaban J connectivity index is 2.09. The first-order valence-corrected chi connectivity index (χ1v) is 7.91. The van der Waals surface area contributed by atoms with Crippen LogP contribution in [0, 0.1) is 6.92 Å². The summed E-state index contributed by atoms with van der Waals surface area (Å²) in [5.41, 5.74) is 1.40. The Morgan fingerprint density at radius 2 is 2.25 bits per heavy atom. The van der Waals surface area contributed by atoms with Crippen LogP contribution < -0.4 is 0 Å². The number of carbonyl (C=O) groups excluding carboxylic acids is 2. The van der Waals surface area contributed by atoms with E-state index in [0.717, 1.165) is 5.69 Å². The van der Waals surface area contributed by atoms with Crippen LogP contribution in [0.2, 0.25) is 0 Å². The van der Waals surface area contributed by atoms with Crippen molar-refractivity contribution in [3.05, 3.63) is 29.9 Å². The minimum Gasteiger partial charge on any atom is -0.460 e. The average molecular weight is 337 g/mol. The Kier molecular flexibility index (Phi) is 5.97. The van der Waals surface area contributed by atoms with Crippen LogP contribution in [-0.2, 0) is 15.9 Å². The number of carbonyl (C=O) groups is 2. The van der Waals surface area contributed by atoms with Crippen molar-refractivity contribution in [2.45, 2.75) is 38.8 Å². The lowest BCUT2D eigenvalue weighted by Gasteiger charge is -2.23. The molecule has 0 unspecified atom stereocenters. The van der Waals surface area contributed by atoms with Gasteiger partial charge in [-0.05, 0) is 20.3 Å². The molecule has 2 N–H and O–H groups in total. The van der Waals surface area contributed by atoms with Crippen molar-refractivity contribution in [2.75, 3.05) is 19.8 Å². The van der Waals surface area contributed by atoms with Crippen LogP contribution in [0.15, 0.2) is 12.7 Å². The lowest BCUT2D eigenvalue weighted by atomic mass is 10.1. The first-order valence-electron chi connectivity index (χ1n) is 7.91. The molecule has 1 amide bonds. The molecule has 0 aliphatic carbocycles. The lowest BCUT2D eigenvalue weighted by Crippen LogP contribution is -2.37. The fourth-order valence-electron chi connectivity index (χ4n) is 2.74. The third kappa shape index (κ3) is 4.14. The highest BCUT2D eigenvalue weighted by Gasteiger charge is 2.36. The minimum atomic E-state index is -0.602. The van der Waals surface area contributed by atoms with Crippen molar-refractivity contribution in [1.82, 2.24) is 14.9 Å². The van der Waals surface area contributed by atoms with E-state index >= 15 is 0 Å². The number of nitrogens with zero attached hydrogens (tertiary/aromatic N) is 2. The largest absolute Gasteiger partial charge is 0.460 e. The van der Waals surface area contributed by atoms with Crippen LogP contribution >= 0.6 is 0 Å². The van der Waals surface area contributed by atoms with E-state index in [4.69, 9.17) is 9.47 Å². The maximum absolute atomic E-state index is 12.1. The number of hydrogen-bond acceptors (Lipinski definition) is 6. The summed E-state index contributed by atoms with van der Waals surface area (Å²) < 4.78 is 9.97. The monoisotopic (exact) mass is 337 g/mol. The van der Waals surface area contributed by atoms with Crippen LogP contribution in [0.25, 0.3) is 0 Å². The number of aliphatic hydroxyl groups is 1. The fraction of sp³-hybridized carbons (Fsp3) is 0.562. The van der Waals surface area contributed by atoms with Gasteiger partial charge >= 0.3 is 12.1 Å². The number of amides is 1. The van der Waals surface area contributed by atoms with Crippen molar-refractivity contribution in [3.8, 4) is 0 Å². The molecule has 24 heavy (non-hydrogen) atoms. The summed E-state index contributed by atoms with van der Waals surface area (Å²) in [4.78, 5) is 32.5. The van der Waals surface area contributed by atoms with Gasteiger partial charge in [-0.15, -0.1) is 0 Å². The van der Waals surface area contributed by atoms with Crippen molar-refractivity contribution >= 4 is 12.1 Å². The quantitative estimate of drug-likeness (QED) is 0.597. The zero-order chi connectivity index (χ0) is 17.7. The molecule has 0 radical (unpaired) electrons. The lowest BCUT2D eigenvalue weighted by molar-refractivity contribution is 0.0512. The van der Waals surface area contributed by atoms with E-state index in [-0.39, 0.29) is 31.6 Å². The van der Waals surface area contributed by atoms with Gasteiger partial charge in [-0.25, -0.2) is 14.6 Å². The first kappa shape index (κ1) is 18.0. The SMILES string of the molecule is C=CCOC(=O)N1C[C@H](O)C[C@H]1Cc1nc(C(=O)OCC)[nH]c1C. The maximum Gasteiger partial charge on any atom is 0.410 e.